The summed E-state index contributed by atoms with van der Waals surface area (Å²) in [5, 5.41) is 16.3. The lowest BCUT2D eigenvalue weighted by atomic mass is 9.88. The van der Waals surface area contributed by atoms with Crippen LogP contribution in [0.1, 0.15) is 18.6 Å². The number of aliphatic carboxylic acids is 1. The third-order valence-electron chi connectivity index (χ3n) is 4.74. The first kappa shape index (κ1) is 21.7. The van der Waals surface area contributed by atoms with E-state index in [1.807, 2.05) is 0 Å². The minimum Gasteiger partial charge on any atom is -0.481 e. The van der Waals surface area contributed by atoms with Gasteiger partial charge in [0.05, 0.1) is 17.7 Å². The topological polar surface area (TPSA) is 96.1 Å². The number of hydrogen-bond donors (Lipinski definition) is 3. The van der Waals surface area contributed by atoms with Crippen molar-refractivity contribution in [2.45, 2.75) is 19.2 Å². The molecule has 2 heterocycles. The van der Waals surface area contributed by atoms with E-state index in [0.717, 1.165) is 13.0 Å². The number of alkyl halides is 3. The lowest BCUT2D eigenvalue weighted by molar-refractivity contribution is -0.274. The fourth-order valence-electron chi connectivity index (χ4n) is 3.33. The van der Waals surface area contributed by atoms with Crippen molar-refractivity contribution in [1.29, 1.82) is 0 Å². The normalized spacial score (nSPS) is 19.7. The van der Waals surface area contributed by atoms with E-state index < -0.39 is 12.3 Å². The van der Waals surface area contributed by atoms with Gasteiger partial charge in [-0.25, -0.2) is 0 Å². The molecule has 0 unspecified atom stereocenters. The average Bonchev–Trinajstić information content (AvgIpc) is 3.16. The van der Waals surface area contributed by atoms with Gasteiger partial charge < -0.3 is 25.0 Å². The first-order valence-electron chi connectivity index (χ1n) is 9.46. The number of hydrazone groups is 1. The highest BCUT2D eigenvalue weighted by Crippen LogP contribution is 2.34. The molecular weight excluding hydrogens is 403 g/mol. The van der Waals surface area contributed by atoms with E-state index in [1.165, 1.54) is 24.4 Å². The Morgan fingerprint density at radius 3 is 2.87 bits per heavy atom. The summed E-state index contributed by atoms with van der Waals surface area (Å²) in [5.74, 6) is -0.648. The van der Waals surface area contributed by atoms with Gasteiger partial charge in [-0.3, -0.25) is 4.79 Å². The van der Waals surface area contributed by atoms with Crippen LogP contribution in [0.2, 0.25) is 0 Å². The number of benzene rings is 1. The number of rotatable bonds is 8. The summed E-state index contributed by atoms with van der Waals surface area (Å²) >= 11 is 0. The first-order valence-corrected chi connectivity index (χ1v) is 9.46. The number of furan rings is 1. The smallest absolute Gasteiger partial charge is 0.481 e. The number of para-hydroxylation sites is 1. The van der Waals surface area contributed by atoms with Crippen LogP contribution in [0.3, 0.4) is 0 Å². The lowest BCUT2D eigenvalue weighted by Crippen LogP contribution is -2.40. The molecule has 10 heteroatoms. The predicted molar refractivity (Wildman–Crippen MR) is 103 cm³/mol. The number of halogens is 3. The van der Waals surface area contributed by atoms with Crippen LogP contribution >= 0.6 is 0 Å². The Morgan fingerprint density at radius 2 is 2.10 bits per heavy atom. The molecule has 0 saturated carbocycles. The van der Waals surface area contributed by atoms with Gasteiger partial charge in [0.1, 0.15) is 17.3 Å². The number of piperidine rings is 1. The minimum atomic E-state index is -4.80. The van der Waals surface area contributed by atoms with Crippen LogP contribution in [0.25, 0.3) is 11.3 Å². The van der Waals surface area contributed by atoms with E-state index in [-0.39, 0.29) is 28.9 Å². The molecule has 2 aromatic rings. The van der Waals surface area contributed by atoms with Gasteiger partial charge in [0.15, 0.2) is 0 Å². The summed E-state index contributed by atoms with van der Waals surface area (Å²) in [6.07, 6.45) is -1.97. The molecule has 7 nitrogen and oxygen atoms in total. The molecule has 1 aromatic carbocycles. The van der Waals surface area contributed by atoms with Gasteiger partial charge in [0.25, 0.3) is 0 Å². The number of carbonyl (C=O) groups is 1. The SMILES string of the molecule is O=C(O)[C@H]1CNC[C@H](CCN/N=C/c2ccc(-c3ccccc3OC(F)(F)F)o2)C1. The zero-order valence-corrected chi connectivity index (χ0v) is 16.0. The molecule has 0 bridgehead atoms. The molecule has 1 aliphatic rings. The molecule has 2 atom stereocenters. The second-order valence-electron chi connectivity index (χ2n) is 7.00. The third kappa shape index (κ3) is 6.24. The summed E-state index contributed by atoms with van der Waals surface area (Å²) in [7, 11) is 0. The maximum absolute atomic E-state index is 12.6. The van der Waals surface area contributed by atoms with Gasteiger partial charge in [0, 0.05) is 13.1 Å². The highest BCUT2D eigenvalue weighted by atomic mass is 19.4. The van der Waals surface area contributed by atoms with E-state index in [1.54, 1.807) is 18.2 Å². The Kier molecular flexibility index (Phi) is 6.99. The summed E-state index contributed by atoms with van der Waals surface area (Å²) in [4.78, 5) is 11.1. The summed E-state index contributed by atoms with van der Waals surface area (Å²) in [6, 6.07) is 8.86. The van der Waals surface area contributed by atoms with Crippen molar-refractivity contribution in [3.8, 4) is 17.1 Å². The Morgan fingerprint density at radius 1 is 1.30 bits per heavy atom. The number of ether oxygens (including phenoxy) is 1. The van der Waals surface area contributed by atoms with E-state index >= 15 is 0 Å². The standard InChI is InChI=1S/C20H22F3N3O4/c21-20(22,23)30-18-4-2-1-3-16(18)17-6-5-15(29-17)12-26-25-8-7-13-9-14(19(27)28)11-24-10-13/h1-6,12-14,24-25H,7-11H2,(H,27,28)/b26-12+/t13-,14-/m1/s1. The summed E-state index contributed by atoms with van der Waals surface area (Å²) in [5.41, 5.74) is 3.06. The van der Waals surface area contributed by atoms with Gasteiger partial charge in [-0.15, -0.1) is 13.2 Å². The summed E-state index contributed by atoms with van der Waals surface area (Å²) in [6.45, 7) is 1.83. The largest absolute Gasteiger partial charge is 0.573 e. The molecule has 30 heavy (non-hydrogen) atoms. The van der Waals surface area contributed by atoms with Crippen molar-refractivity contribution in [1.82, 2.24) is 10.7 Å². The second-order valence-corrected chi connectivity index (χ2v) is 7.00. The van der Waals surface area contributed by atoms with Crippen molar-refractivity contribution in [2.75, 3.05) is 19.6 Å². The molecule has 1 fully saturated rings. The fraction of sp³-hybridized carbons (Fsp3) is 0.400. The zero-order valence-electron chi connectivity index (χ0n) is 16.0. The first-order chi connectivity index (χ1) is 14.3. The fourth-order valence-corrected chi connectivity index (χ4v) is 3.33. The van der Waals surface area contributed by atoms with Crippen molar-refractivity contribution in [3.63, 3.8) is 0 Å². The third-order valence-corrected chi connectivity index (χ3v) is 4.74. The maximum atomic E-state index is 12.6. The van der Waals surface area contributed by atoms with Crippen molar-refractivity contribution >= 4 is 12.2 Å². The maximum Gasteiger partial charge on any atom is 0.573 e. The number of carboxylic acids is 1. The molecule has 1 aliphatic heterocycles. The van der Waals surface area contributed by atoms with Crippen LogP contribution in [-0.4, -0.2) is 43.3 Å². The number of nitrogens with one attached hydrogen (secondary N) is 2. The van der Waals surface area contributed by atoms with Crippen LogP contribution in [0.4, 0.5) is 13.2 Å². The van der Waals surface area contributed by atoms with E-state index in [2.05, 4.69) is 20.6 Å². The Bertz CT molecular complexity index is 882. The molecule has 3 N–H and O–H groups in total. The van der Waals surface area contributed by atoms with Crippen LogP contribution < -0.4 is 15.5 Å². The Labute approximate surface area is 170 Å². The van der Waals surface area contributed by atoms with Crippen molar-refractivity contribution in [2.24, 2.45) is 16.9 Å². The van der Waals surface area contributed by atoms with E-state index in [9.17, 15) is 18.0 Å². The van der Waals surface area contributed by atoms with Crippen LogP contribution in [0.15, 0.2) is 45.9 Å². The summed E-state index contributed by atoms with van der Waals surface area (Å²) < 4.78 is 47.3. The molecule has 162 valence electrons. The molecule has 0 aliphatic carbocycles. The van der Waals surface area contributed by atoms with Crippen LogP contribution in [-0.2, 0) is 4.79 Å². The molecule has 3 rings (SSSR count). The quantitative estimate of drug-likeness (QED) is 0.341. The Balaban J connectivity index is 1.51. The number of nitrogens with zero attached hydrogens (tertiary/aromatic N) is 1. The van der Waals surface area contributed by atoms with Crippen LogP contribution in [0.5, 0.6) is 5.75 Å². The Hall–Kier alpha value is -3.01. The van der Waals surface area contributed by atoms with Crippen LogP contribution in [0, 0.1) is 11.8 Å². The van der Waals surface area contributed by atoms with Crippen molar-refractivity contribution < 1.29 is 32.2 Å². The molecule has 0 amide bonds. The molecule has 0 radical (unpaired) electrons. The monoisotopic (exact) mass is 425 g/mol. The highest BCUT2D eigenvalue weighted by Gasteiger charge is 2.32. The van der Waals surface area contributed by atoms with Gasteiger partial charge in [-0.05, 0) is 49.6 Å². The zero-order chi connectivity index (χ0) is 21.6. The van der Waals surface area contributed by atoms with Gasteiger partial charge in [-0.1, -0.05) is 12.1 Å². The number of hydrogen-bond acceptors (Lipinski definition) is 6. The van der Waals surface area contributed by atoms with E-state index in [0.29, 0.717) is 25.3 Å². The molecule has 1 saturated heterocycles. The number of carboxylic acid groups (broad SMARTS) is 1. The van der Waals surface area contributed by atoms with Gasteiger partial charge in [0.2, 0.25) is 0 Å². The van der Waals surface area contributed by atoms with Gasteiger partial charge in [-0.2, -0.15) is 5.10 Å². The molecular formula is C20H22F3N3O4. The van der Waals surface area contributed by atoms with Crippen molar-refractivity contribution in [3.05, 3.63) is 42.2 Å². The minimum absolute atomic E-state index is 0.181. The van der Waals surface area contributed by atoms with E-state index in [4.69, 9.17) is 9.52 Å². The van der Waals surface area contributed by atoms with Gasteiger partial charge >= 0.3 is 12.3 Å². The second kappa shape index (κ2) is 9.66. The molecule has 0 spiro atoms. The highest BCUT2D eigenvalue weighted by molar-refractivity contribution is 5.78. The average molecular weight is 425 g/mol. The molecule has 1 aromatic heterocycles. The predicted octanol–water partition coefficient (Wildman–Crippen LogP) is 3.47. The lowest BCUT2D eigenvalue weighted by Gasteiger charge is -2.27.